The number of hydrogen-bond donors (Lipinski definition) is 1. The molecule has 1 heterocycles. The van der Waals surface area contributed by atoms with E-state index in [0.29, 0.717) is 12.1 Å². The van der Waals surface area contributed by atoms with Crippen LogP contribution < -0.4 is 5.32 Å². The molecule has 3 nitrogen and oxygen atoms in total. The molecule has 1 fully saturated rings. The highest BCUT2D eigenvalue weighted by atomic mass is 16.5. The van der Waals surface area contributed by atoms with Crippen molar-refractivity contribution < 1.29 is 4.74 Å². The molecule has 1 unspecified atom stereocenters. The molecule has 0 saturated carbocycles. The third-order valence-corrected chi connectivity index (χ3v) is 3.64. The van der Waals surface area contributed by atoms with Gasteiger partial charge in [-0.25, -0.2) is 0 Å². The fourth-order valence-electron chi connectivity index (χ4n) is 2.46. The Balaban J connectivity index is 1.82. The van der Waals surface area contributed by atoms with E-state index in [1.807, 2.05) is 0 Å². The standard InChI is InChI=1S/C16H26N2O/c1-14(2)17-12-16-13-19-11-10-18(16)9-8-15-6-4-3-5-7-15/h3-7,14,16-17H,8-13H2,1-2H3. The normalized spacial score (nSPS) is 20.9. The van der Waals surface area contributed by atoms with Gasteiger partial charge in [-0.3, -0.25) is 4.90 Å². The van der Waals surface area contributed by atoms with Gasteiger partial charge in [-0.15, -0.1) is 0 Å². The summed E-state index contributed by atoms with van der Waals surface area (Å²) in [6.07, 6.45) is 1.12. The first-order valence-corrected chi connectivity index (χ1v) is 7.35. The molecule has 0 spiro atoms. The quantitative estimate of drug-likeness (QED) is 0.848. The van der Waals surface area contributed by atoms with Crippen LogP contribution in [-0.4, -0.2) is 49.8 Å². The van der Waals surface area contributed by atoms with E-state index >= 15 is 0 Å². The van der Waals surface area contributed by atoms with Gasteiger partial charge in [-0.05, 0) is 12.0 Å². The number of ether oxygens (including phenoxy) is 1. The van der Waals surface area contributed by atoms with Crippen LogP contribution in [0.4, 0.5) is 0 Å². The van der Waals surface area contributed by atoms with Gasteiger partial charge in [0.05, 0.1) is 13.2 Å². The predicted octanol–water partition coefficient (Wildman–Crippen LogP) is 1.93. The maximum atomic E-state index is 5.62. The third kappa shape index (κ3) is 4.94. The van der Waals surface area contributed by atoms with E-state index < -0.39 is 0 Å². The van der Waals surface area contributed by atoms with Crippen molar-refractivity contribution in [3.63, 3.8) is 0 Å². The summed E-state index contributed by atoms with van der Waals surface area (Å²) < 4.78 is 5.62. The highest BCUT2D eigenvalue weighted by Gasteiger charge is 2.22. The zero-order valence-electron chi connectivity index (χ0n) is 12.1. The van der Waals surface area contributed by atoms with Crippen molar-refractivity contribution in [3.05, 3.63) is 35.9 Å². The maximum Gasteiger partial charge on any atom is 0.0634 e. The molecule has 1 aliphatic rings. The topological polar surface area (TPSA) is 24.5 Å². The fourth-order valence-corrected chi connectivity index (χ4v) is 2.46. The molecular formula is C16H26N2O. The fraction of sp³-hybridized carbons (Fsp3) is 0.625. The van der Waals surface area contributed by atoms with Crippen molar-refractivity contribution in [2.75, 3.05) is 32.8 Å². The second-order valence-corrected chi connectivity index (χ2v) is 5.56. The zero-order chi connectivity index (χ0) is 13.5. The van der Waals surface area contributed by atoms with Crippen LogP contribution >= 0.6 is 0 Å². The molecule has 1 atom stereocenters. The van der Waals surface area contributed by atoms with Gasteiger partial charge in [0.2, 0.25) is 0 Å². The molecule has 0 aliphatic carbocycles. The average molecular weight is 262 g/mol. The van der Waals surface area contributed by atoms with Gasteiger partial charge in [-0.2, -0.15) is 0 Å². The molecule has 0 radical (unpaired) electrons. The van der Waals surface area contributed by atoms with Crippen LogP contribution in [0.5, 0.6) is 0 Å². The largest absolute Gasteiger partial charge is 0.378 e. The first-order valence-electron chi connectivity index (χ1n) is 7.35. The molecule has 0 aromatic heterocycles. The van der Waals surface area contributed by atoms with Crippen LogP contribution in [0, 0.1) is 0 Å². The summed E-state index contributed by atoms with van der Waals surface area (Å²) in [5.41, 5.74) is 1.42. The lowest BCUT2D eigenvalue weighted by Gasteiger charge is -2.36. The number of morpholine rings is 1. The van der Waals surface area contributed by atoms with E-state index in [0.717, 1.165) is 39.3 Å². The van der Waals surface area contributed by atoms with Gasteiger partial charge in [0, 0.05) is 31.7 Å². The van der Waals surface area contributed by atoms with E-state index in [1.54, 1.807) is 0 Å². The number of nitrogens with zero attached hydrogens (tertiary/aromatic N) is 1. The second kappa shape index (κ2) is 7.63. The van der Waals surface area contributed by atoms with Gasteiger partial charge >= 0.3 is 0 Å². The second-order valence-electron chi connectivity index (χ2n) is 5.56. The molecule has 106 valence electrons. The summed E-state index contributed by atoms with van der Waals surface area (Å²) in [4.78, 5) is 2.56. The lowest BCUT2D eigenvalue weighted by molar-refractivity contribution is -0.00672. The predicted molar refractivity (Wildman–Crippen MR) is 79.5 cm³/mol. The minimum Gasteiger partial charge on any atom is -0.378 e. The average Bonchev–Trinajstić information content (AvgIpc) is 2.45. The Hall–Kier alpha value is -0.900. The van der Waals surface area contributed by atoms with Crippen LogP contribution in [0.2, 0.25) is 0 Å². The molecule has 1 saturated heterocycles. The Morgan fingerprint density at radius 2 is 2.11 bits per heavy atom. The Kier molecular flexibility index (Phi) is 5.83. The molecule has 0 amide bonds. The van der Waals surface area contributed by atoms with Gasteiger partial charge in [0.1, 0.15) is 0 Å². The molecule has 1 aromatic carbocycles. The summed E-state index contributed by atoms with van der Waals surface area (Å²) in [7, 11) is 0. The Morgan fingerprint density at radius 3 is 2.84 bits per heavy atom. The molecule has 1 N–H and O–H groups in total. The minimum atomic E-state index is 0.514. The molecule has 3 heteroatoms. The SMILES string of the molecule is CC(C)NCC1COCCN1CCc1ccccc1. The lowest BCUT2D eigenvalue weighted by Crippen LogP contribution is -2.51. The molecule has 1 aromatic rings. The van der Waals surface area contributed by atoms with Crippen LogP contribution in [-0.2, 0) is 11.2 Å². The smallest absolute Gasteiger partial charge is 0.0634 e. The summed E-state index contributed by atoms with van der Waals surface area (Å²) in [6, 6.07) is 11.8. The molecule has 0 bridgehead atoms. The van der Waals surface area contributed by atoms with E-state index in [-0.39, 0.29) is 0 Å². The van der Waals surface area contributed by atoms with E-state index in [4.69, 9.17) is 4.74 Å². The number of rotatable bonds is 6. The molecule has 1 aliphatic heterocycles. The lowest BCUT2D eigenvalue weighted by atomic mass is 10.1. The van der Waals surface area contributed by atoms with Gasteiger partial charge in [0.15, 0.2) is 0 Å². The van der Waals surface area contributed by atoms with Crippen molar-refractivity contribution in [2.24, 2.45) is 0 Å². The Bertz CT molecular complexity index is 353. The summed E-state index contributed by atoms with van der Waals surface area (Å²) in [5.74, 6) is 0. The van der Waals surface area contributed by atoms with E-state index in [2.05, 4.69) is 54.4 Å². The van der Waals surface area contributed by atoms with Crippen LogP contribution in [0.3, 0.4) is 0 Å². The van der Waals surface area contributed by atoms with Crippen molar-refractivity contribution in [1.82, 2.24) is 10.2 Å². The minimum absolute atomic E-state index is 0.514. The van der Waals surface area contributed by atoms with Gasteiger partial charge < -0.3 is 10.1 Å². The van der Waals surface area contributed by atoms with Crippen molar-refractivity contribution >= 4 is 0 Å². The molecule has 2 rings (SSSR count). The molecule has 19 heavy (non-hydrogen) atoms. The molecular weight excluding hydrogens is 236 g/mol. The van der Waals surface area contributed by atoms with E-state index in [1.165, 1.54) is 5.56 Å². The summed E-state index contributed by atoms with van der Waals surface area (Å²) in [6.45, 7) is 9.30. The van der Waals surface area contributed by atoms with Crippen molar-refractivity contribution in [3.8, 4) is 0 Å². The van der Waals surface area contributed by atoms with Crippen molar-refractivity contribution in [2.45, 2.75) is 32.4 Å². The van der Waals surface area contributed by atoms with Gasteiger partial charge in [-0.1, -0.05) is 44.2 Å². The maximum absolute atomic E-state index is 5.62. The number of nitrogens with one attached hydrogen (secondary N) is 1. The summed E-state index contributed by atoms with van der Waals surface area (Å²) >= 11 is 0. The number of hydrogen-bond acceptors (Lipinski definition) is 3. The summed E-state index contributed by atoms with van der Waals surface area (Å²) in [5, 5.41) is 3.52. The third-order valence-electron chi connectivity index (χ3n) is 3.64. The zero-order valence-corrected chi connectivity index (χ0v) is 12.1. The Morgan fingerprint density at radius 1 is 1.32 bits per heavy atom. The first kappa shape index (κ1) is 14.5. The highest BCUT2D eigenvalue weighted by Crippen LogP contribution is 2.09. The van der Waals surface area contributed by atoms with Crippen LogP contribution in [0.15, 0.2) is 30.3 Å². The number of benzene rings is 1. The van der Waals surface area contributed by atoms with Gasteiger partial charge in [0.25, 0.3) is 0 Å². The highest BCUT2D eigenvalue weighted by molar-refractivity contribution is 5.14. The van der Waals surface area contributed by atoms with Crippen LogP contribution in [0.1, 0.15) is 19.4 Å². The van der Waals surface area contributed by atoms with Crippen molar-refractivity contribution in [1.29, 1.82) is 0 Å². The Labute approximate surface area is 116 Å². The monoisotopic (exact) mass is 262 g/mol. The van der Waals surface area contributed by atoms with E-state index in [9.17, 15) is 0 Å². The van der Waals surface area contributed by atoms with Crippen LogP contribution in [0.25, 0.3) is 0 Å². The first-order chi connectivity index (χ1) is 9.25.